The molecule has 2 aromatic carbocycles. The number of carbonyl (C=O) groups excluding carboxylic acids is 2. The lowest BCUT2D eigenvalue weighted by atomic mass is 9.94. The van der Waals surface area contributed by atoms with Gasteiger partial charge in [-0.1, -0.05) is 24.3 Å². The molecule has 1 fully saturated rings. The number of rotatable bonds is 8. The van der Waals surface area contributed by atoms with E-state index in [1.54, 1.807) is 42.5 Å². The summed E-state index contributed by atoms with van der Waals surface area (Å²) in [5.74, 6) is -0.670. The summed E-state index contributed by atoms with van der Waals surface area (Å²) in [7, 11) is 8.20. The Morgan fingerprint density at radius 1 is 0.938 bits per heavy atom. The number of carbonyl (C=O) groups is 2. The molecule has 1 heterocycles. The van der Waals surface area contributed by atoms with E-state index < -0.39 is 17.7 Å². The minimum absolute atomic E-state index is 0.0407. The Morgan fingerprint density at radius 3 is 2.06 bits per heavy atom. The van der Waals surface area contributed by atoms with Crippen molar-refractivity contribution >= 4 is 17.4 Å². The van der Waals surface area contributed by atoms with Gasteiger partial charge in [-0.2, -0.15) is 0 Å². The number of methoxy groups -OCH3 is 3. The van der Waals surface area contributed by atoms with Crippen LogP contribution in [0.4, 0.5) is 0 Å². The Labute approximate surface area is 187 Å². The summed E-state index contributed by atoms with van der Waals surface area (Å²) in [6.45, 7) is 0.830. The van der Waals surface area contributed by atoms with Crippen LogP contribution in [0.5, 0.6) is 17.2 Å². The Balaban J connectivity index is 2.29. The van der Waals surface area contributed by atoms with Gasteiger partial charge in [-0.25, -0.2) is 0 Å². The molecule has 0 radical (unpaired) electrons. The average Bonchev–Trinajstić information content (AvgIpc) is 3.06. The van der Waals surface area contributed by atoms with E-state index in [0.29, 0.717) is 35.9 Å². The number of nitrogens with zero attached hydrogens (tertiary/aromatic N) is 2. The van der Waals surface area contributed by atoms with Gasteiger partial charge in [0.15, 0.2) is 0 Å². The molecule has 0 saturated carbocycles. The third-order valence-corrected chi connectivity index (χ3v) is 5.43. The second-order valence-corrected chi connectivity index (χ2v) is 7.58. The highest BCUT2D eigenvalue weighted by molar-refractivity contribution is 6.46. The predicted molar refractivity (Wildman–Crippen MR) is 120 cm³/mol. The van der Waals surface area contributed by atoms with Crippen molar-refractivity contribution in [2.45, 2.75) is 6.04 Å². The molecular formula is C24H28N2O6. The first kappa shape index (κ1) is 23.1. The van der Waals surface area contributed by atoms with Crippen molar-refractivity contribution in [1.82, 2.24) is 9.80 Å². The monoisotopic (exact) mass is 440 g/mol. The molecule has 170 valence electrons. The number of aliphatic hydroxyl groups is 1. The van der Waals surface area contributed by atoms with E-state index in [-0.39, 0.29) is 16.9 Å². The summed E-state index contributed by atoms with van der Waals surface area (Å²) in [5.41, 5.74) is 0.771. The molecule has 1 atom stereocenters. The standard InChI is InChI=1S/C24H28N2O6/c1-25(2)13-14-26-21(15-9-6-7-10-16(15)30-3)20(23(28)24(26)29)22(27)19-17(31-4)11-8-12-18(19)32-5/h6-12,21,27H,13-14H2,1-5H3/b22-20+. The van der Waals surface area contributed by atoms with Crippen LogP contribution >= 0.6 is 0 Å². The lowest BCUT2D eigenvalue weighted by molar-refractivity contribution is -0.140. The Morgan fingerprint density at radius 2 is 1.50 bits per heavy atom. The highest BCUT2D eigenvalue weighted by Gasteiger charge is 2.47. The van der Waals surface area contributed by atoms with Crippen LogP contribution in [0.25, 0.3) is 5.76 Å². The van der Waals surface area contributed by atoms with Gasteiger partial charge in [0.2, 0.25) is 0 Å². The zero-order valence-corrected chi connectivity index (χ0v) is 18.9. The molecule has 3 rings (SSSR count). The minimum atomic E-state index is -0.833. The van der Waals surface area contributed by atoms with Crippen molar-refractivity contribution in [3.8, 4) is 17.2 Å². The first-order valence-electron chi connectivity index (χ1n) is 10.1. The fourth-order valence-corrected chi connectivity index (χ4v) is 3.85. The third kappa shape index (κ3) is 4.13. The Hall–Kier alpha value is -3.52. The van der Waals surface area contributed by atoms with E-state index >= 15 is 0 Å². The van der Waals surface area contributed by atoms with Crippen molar-refractivity contribution < 1.29 is 28.9 Å². The van der Waals surface area contributed by atoms with Gasteiger partial charge >= 0.3 is 0 Å². The highest BCUT2D eigenvalue weighted by atomic mass is 16.5. The first-order chi connectivity index (χ1) is 15.3. The van der Waals surface area contributed by atoms with Crippen molar-refractivity contribution in [3.63, 3.8) is 0 Å². The summed E-state index contributed by atoms with van der Waals surface area (Å²) in [5, 5.41) is 11.4. The fourth-order valence-electron chi connectivity index (χ4n) is 3.85. The summed E-state index contributed by atoms with van der Waals surface area (Å²) in [6.07, 6.45) is 0. The van der Waals surface area contributed by atoms with Gasteiger partial charge in [0.25, 0.3) is 11.7 Å². The molecular weight excluding hydrogens is 412 g/mol. The first-order valence-corrected chi connectivity index (χ1v) is 10.1. The number of Topliss-reactive ketones (excluding diaryl/α,β-unsaturated/α-hetero) is 1. The molecule has 0 aromatic heterocycles. The third-order valence-electron chi connectivity index (χ3n) is 5.43. The summed E-state index contributed by atoms with van der Waals surface area (Å²) in [4.78, 5) is 29.7. The number of para-hydroxylation sites is 1. The molecule has 2 aromatic rings. The van der Waals surface area contributed by atoms with Crippen molar-refractivity contribution in [2.75, 3.05) is 48.5 Å². The largest absolute Gasteiger partial charge is 0.506 e. The smallest absolute Gasteiger partial charge is 0.295 e. The zero-order valence-electron chi connectivity index (χ0n) is 18.9. The van der Waals surface area contributed by atoms with E-state index in [1.165, 1.54) is 26.2 Å². The van der Waals surface area contributed by atoms with Gasteiger partial charge in [-0.3, -0.25) is 9.59 Å². The predicted octanol–water partition coefficient (Wildman–Crippen LogP) is 2.70. The van der Waals surface area contributed by atoms with Crippen LogP contribution in [-0.4, -0.2) is 75.1 Å². The number of likely N-dealkylation sites (tertiary alicyclic amines) is 1. The molecule has 0 aliphatic carbocycles. The zero-order chi connectivity index (χ0) is 23.4. The summed E-state index contributed by atoms with van der Waals surface area (Å²) >= 11 is 0. The number of aliphatic hydroxyl groups excluding tert-OH is 1. The van der Waals surface area contributed by atoms with Gasteiger partial charge in [-0.15, -0.1) is 0 Å². The van der Waals surface area contributed by atoms with Crippen LogP contribution in [0.3, 0.4) is 0 Å². The van der Waals surface area contributed by atoms with E-state index in [2.05, 4.69) is 0 Å². The number of hydrogen-bond donors (Lipinski definition) is 1. The SMILES string of the molecule is COc1ccccc1C1/C(=C(\O)c2c(OC)cccc2OC)C(=O)C(=O)N1CCN(C)C. The molecule has 1 unspecified atom stereocenters. The molecule has 8 nitrogen and oxygen atoms in total. The summed E-state index contributed by atoms with van der Waals surface area (Å²) < 4.78 is 16.3. The second-order valence-electron chi connectivity index (χ2n) is 7.58. The Bertz CT molecular complexity index is 1020. The normalized spacial score (nSPS) is 17.7. The molecule has 32 heavy (non-hydrogen) atoms. The number of ketones is 1. The van der Waals surface area contributed by atoms with E-state index in [9.17, 15) is 14.7 Å². The van der Waals surface area contributed by atoms with Gasteiger partial charge in [0, 0.05) is 18.7 Å². The van der Waals surface area contributed by atoms with Gasteiger partial charge < -0.3 is 29.1 Å². The van der Waals surface area contributed by atoms with Crippen LogP contribution in [0.15, 0.2) is 48.0 Å². The lowest BCUT2D eigenvalue weighted by Gasteiger charge is -2.27. The van der Waals surface area contributed by atoms with Crippen molar-refractivity contribution in [3.05, 3.63) is 59.2 Å². The number of hydrogen-bond acceptors (Lipinski definition) is 7. The molecule has 8 heteroatoms. The van der Waals surface area contributed by atoms with Crippen molar-refractivity contribution in [1.29, 1.82) is 0 Å². The number of benzene rings is 2. The van der Waals surface area contributed by atoms with Crippen LogP contribution < -0.4 is 14.2 Å². The van der Waals surface area contributed by atoms with Crippen LogP contribution in [0.2, 0.25) is 0 Å². The lowest BCUT2D eigenvalue weighted by Crippen LogP contribution is -2.35. The van der Waals surface area contributed by atoms with Gasteiger partial charge in [0.1, 0.15) is 28.6 Å². The van der Waals surface area contributed by atoms with E-state index in [1.807, 2.05) is 19.0 Å². The van der Waals surface area contributed by atoms with E-state index in [4.69, 9.17) is 14.2 Å². The quantitative estimate of drug-likeness (QED) is 0.384. The number of ether oxygens (including phenoxy) is 3. The van der Waals surface area contributed by atoms with Crippen LogP contribution in [-0.2, 0) is 9.59 Å². The molecule has 1 aliphatic rings. The summed E-state index contributed by atoms with van der Waals surface area (Å²) in [6, 6.07) is 11.3. The maximum absolute atomic E-state index is 13.2. The molecule has 0 spiro atoms. The number of amides is 1. The van der Waals surface area contributed by atoms with E-state index in [0.717, 1.165) is 0 Å². The second kappa shape index (κ2) is 9.74. The maximum atomic E-state index is 13.2. The molecule has 1 aliphatic heterocycles. The number of likely N-dealkylation sites (N-methyl/N-ethyl adjacent to an activating group) is 1. The molecule has 1 amide bonds. The Kier molecular flexibility index (Phi) is 7.05. The fraction of sp³-hybridized carbons (Fsp3) is 0.333. The topological polar surface area (TPSA) is 88.5 Å². The average molecular weight is 440 g/mol. The van der Waals surface area contributed by atoms with Crippen LogP contribution in [0, 0.1) is 0 Å². The maximum Gasteiger partial charge on any atom is 0.295 e. The minimum Gasteiger partial charge on any atom is -0.506 e. The van der Waals surface area contributed by atoms with Crippen molar-refractivity contribution in [2.24, 2.45) is 0 Å². The van der Waals surface area contributed by atoms with Gasteiger partial charge in [0.05, 0.1) is 32.9 Å². The molecule has 1 saturated heterocycles. The molecule has 0 bridgehead atoms. The molecule has 1 N–H and O–H groups in total. The highest BCUT2D eigenvalue weighted by Crippen LogP contribution is 2.45. The van der Waals surface area contributed by atoms with Gasteiger partial charge in [-0.05, 0) is 32.3 Å². The van der Waals surface area contributed by atoms with Crippen LogP contribution in [0.1, 0.15) is 17.2 Å².